The number of rotatable bonds is 3. The highest BCUT2D eigenvalue weighted by Crippen LogP contribution is 2.29. The van der Waals surface area contributed by atoms with E-state index in [0.29, 0.717) is 12.1 Å². The number of hydrogen-bond donors (Lipinski definition) is 1. The fraction of sp³-hybridized carbons (Fsp3) is 0.350. The van der Waals surface area contributed by atoms with Crippen molar-refractivity contribution in [2.45, 2.75) is 25.8 Å². The molecule has 2 aromatic heterocycles. The van der Waals surface area contributed by atoms with E-state index in [1.165, 1.54) is 0 Å². The van der Waals surface area contributed by atoms with Gasteiger partial charge in [-0.3, -0.25) is 9.48 Å². The Balaban J connectivity index is 1.91. The van der Waals surface area contributed by atoms with Crippen molar-refractivity contribution >= 4 is 16.9 Å². The van der Waals surface area contributed by atoms with E-state index in [1.807, 2.05) is 55.3 Å². The molecule has 26 heavy (non-hydrogen) atoms. The number of carbonyl (C=O) groups excluding carboxylic acids is 1. The molecule has 1 amide bonds. The van der Waals surface area contributed by atoms with Crippen molar-refractivity contribution in [3.8, 4) is 11.3 Å². The Hall–Kier alpha value is -2.73. The maximum absolute atomic E-state index is 13.4. The number of fused-ring (bicyclic) bond motifs is 1. The molecule has 0 aliphatic carbocycles. The lowest BCUT2D eigenvalue weighted by Gasteiger charge is -2.24. The molecule has 0 radical (unpaired) electrons. The van der Waals surface area contributed by atoms with Crippen molar-refractivity contribution in [2.24, 2.45) is 12.8 Å². The molecule has 1 atom stereocenters. The van der Waals surface area contributed by atoms with Crippen molar-refractivity contribution in [1.29, 1.82) is 0 Å². The molecular weight excluding hydrogens is 326 g/mol. The maximum atomic E-state index is 13.4. The van der Waals surface area contributed by atoms with Gasteiger partial charge in [0, 0.05) is 31.7 Å². The summed E-state index contributed by atoms with van der Waals surface area (Å²) in [7, 11) is 1.86. The summed E-state index contributed by atoms with van der Waals surface area (Å²) in [6, 6.07) is 11.9. The van der Waals surface area contributed by atoms with Crippen molar-refractivity contribution in [1.82, 2.24) is 19.7 Å². The highest BCUT2D eigenvalue weighted by molar-refractivity contribution is 6.07. The fourth-order valence-corrected chi connectivity index (χ4v) is 3.87. The zero-order valence-electron chi connectivity index (χ0n) is 15.1. The van der Waals surface area contributed by atoms with E-state index in [9.17, 15) is 4.79 Å². The molecular formula is C20H23N5O. The minimum atomic E-state index is 0.0265. The number of pyridine rings is 1. The molecule has 1 fully saturated rings. The second-order valence-corrected chi connectivity index (χ2v) is 6.86. The summed E-state index contributed by atoms with van der Waals surface area (Å²) < 4.78 is 1.75. The number of nitrogens with zero attached hydrogens (tertiary/aromatic N) is 4. The van der Waals surface area contributed by atoms with E-state index in [1.54, 1.807) is 4.68 Å². The second kappa shape index (κ2) is 6.53. The molecule has 0 unspecified atom stereocenters. The predicted octanol–water partition coefficient (Wildman–Crippen LogP) is 2.51. The van der Waals surface area contributed by atoms with Crippen LogP contribution in [0.25, 0.3) is 22.3 Å². The lowest BCUT2D eigenvalue weighted by atomic mass is 10.0. The van der Waals surface area contributed by atoms with Gasteiger partial charge < -0.3 is 10.6 Å². The van der Waals surface area contributed by atoms with Crippen LogP contribution in [0, 0.1) is 6.92 Å². The summed E-state index contributed by atoms with van der Waals surface area (Å²) in [5.74, 6) is 0.0265. The maximum Gasteiger partial charge on any atom is 0.255 e. The van der Waals surface area contributed by atoms with E-state index in [4.69, 9.17) is 10.7 Å². The van der Waals surface area contributed by atoms with E-state index in [0.717, 1.165) is 47.4 Å². The first-order valence-corrected chi connectivity index (χ1v) is 9.01. The lowest BCUT2D eigenvalue weighted by Crippen LogP contribution is -2.40. The van der Waals surface area contributed by atoms with Gasteiger partial charge in [-0.15, -0.1) is 0 Å². The molecule has 1 aromatic carbocycles. The van der Waals surface area contributed by atoms with Gasteiger partial charge in [0.05, 0.1) is 22.3 Å². The van der Waals surface area contributed by atoms with Crippen LogP contribution in [0.15, 0.2) is 36.4 Å². The van der Waals surface area contributed by atoms with E-state index in [-0.39, 0.29) is 11.9 Å². The Labute approximate surface area is 152 Å². The topological polar surface area (TPSA) is 77.0 Å². The highest BCUT2D eigenvalue weighted by atomic mass is 16.2. The van der Waals surface area contributed by atoms with Crippen LogP contribution < -0.4 is 5.73 Å². The standard InChI is InChI=1S/C20H23N5O/c1-13-18-16(20(26)25-10-6-9-15(25)12-21)11-17(14-7-4-3-5-8-14)22-19(18)24(2)23-13/h3-5,7-8,11,15H,6,9-10,12,21H2,1-2H3/t15-/m1/s1. The third-order valence-corrected chi connectivity index (χ3v) is 5.18. The summed E-state index contributed by atoms with van der Waals surface area (Å²) in [5, 5.41) is 5.33. The zero-order valence-corrected chi connectivity index (χ0v) is 15.1. The van der Waals surface area contributed by atoms with Gasteiger partial charge in [0.2, 0.25) is 0 Å². The first-order chi connectivity index (χ1) is 12.6. The molecule has 6 heteroatoms. The molecule has 1 aliphatic rings. The minimum Gasteiger partial charge on any atom is -0.334 e. The summed E-state index contributed by atoms with van der Waals surface area (Å²) in [6.07, 6.45) is 1.97. The van der Waals surface area contributed by atoms with Crippen LogP contribution in [0.5, 0.6) is 0 Å². The van der Waals surface area contributed by atoms with Gasteiger partial charge in [0.25, 0.3) is 5.91 Å². The summed E-state index contributed by atoms with van der Waals surface area (Å²) in [6.45, 7) is 3.18. The normalized spacial score (nSPS) is 17.2. The number of benzene rings is 1. The molecule has 1 aliphatic heterocycles. The average Bonchev–Trinajstić information content (AvgIpc) is 3.26. The molecule has 0 spiro atoms. The zero-order chi connectivity index (χ0) is 18.3. The number of nitrogens with two attached hydrogens (primary N) is 1. The van der Waals surface area contributed by atoms with E-state index in [2.05, 4.69) is 5.10 Å². The molecule has 3 heterocycles. The Morgan fingerprint density at radius 2 is 2.08 bits per heavy atom. The summed E-state index contributed by atoms with van der Waals surface area (Å²) in [5.41, 5.74) is 9.87. The van der Waals surface area contributed by atoms with Gasteiger partial charge in [-0.1, -0.05) is 30.3 Å². The third-order valence-electron chi connectivity index (χ3n) is 5.18. The van der Waals surface area contributed by atoms with E-state index < -0.39 is 0 Å². The van der Waals surface area contributed by atoms with Gasteiger partial charge in [0.15, 0.2) is 5.65 Å². The number of carbonyl (C=O) groups is 1. The van der Waals surface area contributed by atoms with Crippen molar-refractivity contribution in [2.75, 3.05) is 13.1 Å². The van der Waals surface area contributed by atoms with Crippen molar-refractivity contribution in [3.05, 3.63) is 47.7 Å². The van der Waals surface area contributed by atoms with Crippen LogP contribution in [0.3, 0.4) is 0 Å². The van der Waals surface area contributed by atoms with Crippen LogP contribution in [0.2, 0.25) is 0 Å². The average molecular weight is 349 g/mol. The summed E-state index contributed by atoms with van der Waals surface area (Å²) in [4.78, 5) is 20.1. The third kappa shape index (κ3) is 2.66. The van der Waals surface area contributed by atoms with Crippen LogP contribution in [0.1, 0.15) is 28.9 Å². The molecule has 0 saturated carbocycles. The predicted molar refractivity (Wildman–Crippen MR) is 102 cm³/mol. The minimum absolute atomic E-state index is 0.0265. The van der Waals surface area contributed by atoms with Crippen LogP contribution in [-0.2, 0) is 7.05 Å². The molecule has 6 nitrogen and oxygen atoms in total. The molecule has 1 saturated heterocycles. The summed E-state index contributed by atoms with van der Waals surface area (Å²) >= 11 is 0. The van der Waals surface area contributed by atoms with Gasteiger partial charge in [0.1, 0.15) is 0 Å². The number of amides is 1. The SMILES string of the molecule is Cc1nn(C)c2nc(-c3ccccc3)cc(C(=O)N3CCC[C@@H]3CN)c12. The Morgan fingerprint density at radius 1 is 1.31 bits per heavy atom. The quantitative estimate of drug-likeness (QED) is 0.788. The van der Waals surface area contributed by atoms with Gasteiger partial charge in [-0.25, -0.2) is 4.98 Å². The number of likely N-dealkylation sites (tertiary alicyclic amines) is 1. The van der Waals surface area contributed by atoms with Crippen LogP contribution in [0.4, 0.5) is 0 Å². The molecule has 4 rings (SSSR count). The molecule has 0 bridgehead atoms. The smallest absolute Gasteiger partial charge is 0.255 e. The van der Waals surface area contributed by atoms with Crippen molar-refractivity contribution < 1.29 is 4.79 Å². The van der Waals surface area contributed by atoms with Gasteiger partial charge in [-0.05, 0) is 25.8 Å². The van der Waals surface area contributed by atoms with Crippen molar-refractivity contribution in [3.63, 3.8) is 0 Å². The number of hydrogen-bond acceptors (Lipinski definition) is 4. The number of aryl methyl sites for hydroxylation is 2. The lowest BCUT2D eigenvalue weighted by molar-refractivity contribution is 0.0743. The van der Waals surface area contributed by atoms with Gasteiger partial charge >= 0.3 is 0 Å². The monoisotopic (exact) mass is 349 g/mol. The molecule has 2 N–H and O–H groups in total. The molecule has 134 valence electrons. The van der Waals surface area contributed by atoms with Crippen LogP contribution >= 0.6 is 0 Å². The molecule has 3 aromatic rings. The number of aromatic nitrogens is 3. The highest BCUT2D eigenvalue weighted by Gasteiger charge is 2.30. The Morgan fingerprint density at radius 3 is 2.81 bits per heavy atom. The Kier molecular flexibility index (Phi) is 4.20. The van der Waals surface area contributed by atoms with E-state index >= 15 is 0 Å². The second-order valence-electron chi connectivity index (χ2n) is 6.86. The largest absolute Gasteiger partial charge is 0.334 e. The fourth-order valence-electron chi connectivity index (χ4n) is 3.87. The Bertz CT molecular complexity index is 963. The first kappa shape index (κ1) is 16.7. The first-order valence-electron chi connectivity index (χ1n) is 9.01. The van der Waals surface area contributed by atoms with Gasteiger partial charge in [-0.2, -0.15) is 5.10 Å². The van der Waals surface area contributed by atoms with Crippen LogP contribution in [-0.4, -0.2) is 44.7 Å².